The minimum Gasteiger partial charge on any atom is -0.500 e. The lowest BCUT2D eigenvalue weighted by Gasteiger charge is -2.04. The SMILES string of the molecule is C=CCNC(=O)C(=O)NCCOC=C. The Balaban J connectivity index is 3.56. The standard InChI is InChI=1S/C9H14N2O3/c1-3-5-10-8(12)9(13)11-6-7-14-4-2/h3-4H,1-2,5-7H2,(H,10,12)(H,11,13). The number of ether oxygens (including phenoxy) is 1. The molecule has 0 radical (unpaired) electrons. The number of amides is 2. The summed E-state index contributed by atoms with van der Waals surface area (Å²) in [5, 5.41) is 4.71. The van der Waals surface area contributed by atoms with Gasteiger partial charge in [-0.25, -0.2) is 0 Å². The van der Waals surface area contributed by atoms with Gasteiger partial charge in [-0.05, 0) is 0 Å². The van der Waals surface area contributed by atoms with Gasteiger partial charge in [-0.3, -0.25) is 9.59 Å². The fourth-order valence-electron chi connectivity index (χ4n) is 0.632. The molecular weight excluding hydrogens is 184 g/mol. The van der Waals surface area contributed by atoms with E-state index in [1.165, 1.54) is 12.3 Å². The first-order chi connectivity index (χ1) is 6.72. The molecule has 0 aromatic heterocycles. The maximum atomic E-state index is 11.0. The monoisotopic (exact) mass is 198 g/mol. The zero-order chi connectivity index (χ0) is 10.8. The third kappa shape index (κ3) is 5.82. The molecule has 5 heteroatoms. The highest BCUT2D eigenvalue weighted by Gasteiger charge is 2.10. The Labute approximate surface area is 82.8 Å². The van der Waals surface area contributed by atoms with Crippen LogP contribution in [0.3, 0.4) is 0 Å². The Morgan fingerprint density at radius 3 is 2.43 bits per heavy atom. The molecule has 0 atom stereocenters. The van der Waals surface area contributed by atoms with Gasteiger partial charge in [0.15, 0.2) is 0 Å². The fraction of sp³-hybridized carbons (Fsp3) is 0.333. The van der Waals surface area contributed by atoms with E-state index in [1.54, 1.807) is 0 Å². The van der Waals surface area contributed by atoms with Crippen LogP contribution in [0.15, 0.2) is 25.5 Å². The lowest BCUT2D eigenvalue weighted by atomic mass is 10.5. The molecule has 2 amide bonds. The van der Waals surface area contributed by atoms with Crippen LogP contribution in [0.25, 0.3) is 0 Å². The van der Waals surface area contributed by atoms with Crippen molar-refractivity contribution < 1.29 is 14.3 Å². The normalized spacial score (nSPS) is 8.57. The summed E-state index contributed by atoms with van der Waals surface area (Å²) in [5.74, 6) is -1.36. The highest BCUT2D eigenvalue weighted by atomic mass is 16.5. The Morgan fingerprint density at radius 1 is 1.21 bits per heavy atom. The first-order valence-corrected chi connectivity index (χ1v) is 4.11. The second kappa shape index (κ2) is 7.85. The number of carbonyl (C=O) groups is 2. The summed E-state index contributed by atoms with van der Waals surface area (Å²) in [6.07, 6.45) is 2.76. The Hall–Kier alpha value is -1.78. The van der Waals surface area contributed by atoms with Crippen molar-refractivity contribution in [1.82, 2.24) is 10.6 Å². The molecule has 0 aliphatic rings. The molecule has 0 rings (SSSR count). The maximum absolute atomic E-state index is 11.0. The Bertz CT molecular complexity index is 226. The topological polar surface area (TPSA) is 67.4 Å². The molecule has 0 spiro atoms. The minimum atomic E-state index is -0.681. The van der Waals surface area contributed by atoms with Crippen LogP contribution in [0.1, 0.15) is 0 Å². The van der Waals surface area contributed by atoms with Crippen molar-refractivity contribution in [3.63, 3.8) is 0 Å². The third-order valence-electron chi connectivity index (χ3n) is 1.24. The van der Waals surface area contributed by atoms with Gasteiger partial charge in [-0.15, -0.1) is 6.58 Å². The van der Waals surface area contributed by atoms with Crippen molar-refractivity contribution in [2.45, 2.75) is 0 Å². The number of rotatable bonds is 6. The largest absolute Gasteiger partial charge is 0.500 e. The molecule has 0 saturated heterocycles. The van der Waals surface area contributed by atoms with Crippen LogP contribution in [0.5, 0.6) is 0 Å². The predicted molar refractivity (Wildman–Crippen MR) is 52.4 cm³/mol. The van der Waals surface area contributed by atoms with Crippen LogP contribution < -0.4 is 10.6 Å². The molecule has 0 fully saturated rings. The van der Waals surface area contributed by atoms with Crippen LogP contribution in [-0.2, 0) is 14.3 Å². The molecule has 14 heavy (non-hydrogen) atoms. The average molecular weight is 198 g/mol. The maximum Gasteiger partial charge on any atom is 0.309 e. The van der Waals surface area contributed by atoms with Crippen molar-refractivity contribution >= 4 is 11.8 Å². The Morgan fingerprint density at radius 2 is 1.86 bits per heavy atom. The smallest absolute Gasteiger partial charge is 0.309 e. The third-order valence-corrected chi connectivity index (χ3v) is 1.24. The van der Waals surface area contributed by atoms with Crippen molar-refractivity contribution in [1.29, 1.82) is 0 Å². The van der Waals surface area contributed by atoms with Crippen LogP contribution in [-0.4, -0.2) is 31.5 Å². The van der Waals surface area contributed by atoms with Crippen LogP contribution >= 0.6 is 0 Å². The number of nitrogens with one attached hydrogen (secondary N) is 2. The molecule has 0 aliphatic carbocycles. The minimum absolute atomic E-state index is 0.270. The van der Waals surface area contributed by atoms with E-state index in [-0.39, 0.29) is 13.1 Å². The average Bonchev–Trinajstić information content (AvgIpc) is 2.20. The Kier molecular flexibility index (Phi) is 6.85. The van der Waals surface area contributed by atoms with Gasteiger partial charge < -0.3 is 15.4 Å². The number of carbonyl (C=O) groups excluding carboxylic acids is 2. The second-order valence-electron chi connectivity index (χ2n) is 2.29. The van der Waals surface area contributed by atoms with Gasteiger partial charge in [0.05, 0.1) is 12.8 Å². The van der Waals surface area contributed by atoms with Gasteiger partial charge in [0.1, 0.15) is 6.61 Å². The van der Waals surface area contributed by atoms with Gasteiger partial charge in [0.25, 0.3) is 0 Å². The van der Waals surface area contributed by atoms with Crippen LogP contribution in [0, 0.1) is 0 Å². The van der Waals surface area contributed by atoms with Crippen molar-refractivity contribution in [3.8, 4) is 0 Å². The molecule has 0 aliphatic heterocycles. The van der Waals surface area contributed by atoms with Crippen molar-refractivity contribution in [2.24, 2.45) is 0 Å². The molecule has 0 bridgehead atoms. The van der Waals surface area contributed by atoms with E-state index >= 15 is 0 Å². The van der Waals surface area contributed by atoms with Crippen LogP contribution in [0.4, 0.5) is 0 Å². The first-order valence-electron chi connectivity index (χ1n) is 4.11. The lowest BCUT2D eigenvalue weighted by Crippen LogP contribution is -2.41. The summed E-state index contributed by atoms with van der Waals surface area (Å²) in [5.41, 5.74) is 0. The van der Waals surface area contributed by atoms with E-state index in [4.69, 9.17) is 4.74 Å². The van der Waals surface area contributed by atoms with Gasteiger partial charge in [-0.1, -0.05) is 12.7 Å². The summed E-state index contributed by atoms with van der Waals surface area (Å²) in [4.78, 5) is 21.9. The fourth-order valence-corrected chi connectivity index (χ4v) is 0.632. The zero-order valence-corrected chi connectivity index (χ0v) is 7.91. The lowest BCUT2D eigenvalue weighted by molar-refractivity contribution is -0.139. The first kappa shape index (κ1) is 12.2. The van der Waals surface area contributed by atoms with E-state index in [0.717, 1.165) is 0 Å². The van der Waals surface area contributed by atoms with Gasteiger partial charge in [0.2, 0.25) is 0 Å². The summed E-state index contributed by atoms with van der Waals surface area (Å²) in [7, 11) is 0. The van der Waals surface area contributed by atoms with Gasteiger partial charge in [0, 0.05) is 6.54 Å². The molecule has 0 saturated carbocycles. The van der Waals surface area contributed by atoms with E-state index in [9.17, 15) is 9.59 Å². The van der Waals surface area contributed by atoms with E-state index < -0.39 is 11.8 Å². The highest BCUT2D eigenvalue weighted by molar-refractivity contribution is 6.35. The summed E-state index contributed by atoms with van der Waals surface area (Å²) in [6, 6.07) is 0. The predicted octanol–water partition coefficient (Wildman–Crippen LogP) is -0.435. The summed E-state index contributed by atoms with van der Waals surface area (Å²) in [6.45, 7) is 7.57. The van der Waals surface area contributed by atoms with Gasteiger partial charge >= 0.3 is 11.8 Å². The highest BCUT2D eigenvalue weighted by Crippen LogP contribution is 1.73. The molecule has 0 aromatic carbocycles. The second-order valence-corrected chi connectivity index (χ2v) is 2.29. The molecule has 0 heterocycles. The molecule has 2 N–H and O–H groups in total. The quantitative estimate of drug-likeness (QED) is 0.263. The number of hydrogen-bond acceptors (Lipinski definition) is 3. The van der Waals surface area contributed by atoms with E-state index in [0.29, 0.717) is 6.61 Å². The van der Waals surface area contributed by atoms with Gasteiger partial charge in [-0.2, -0.15) is 0 Å². The molecular formula is C9H14N2O3. The number of hydrogen-bond donors (Lipinski definition) is 2. The zero-order valence-electron chi connectivity index (χ0n) is 7.91. The van der Waals surface area contributed by atoms with Crippen LogP contribution in [0.2, 0.25) is 0 Å². The summed E-state index contributed by atoms with van der Waals surface area (Å²) < 4.78 is 4.75. The molecule has 78 valence electrons. The van der Waals surface area contributed by atoms with Crippen molar-refractivity contribution in [3.05, 3.63) is 25.5 Å². The van der Waals surface area contributed by atoms with E-state index in [1.807, 2.05) is 0 Å². The molecule has 5 nitrogen and oxygen atoms in total. The molecule has 0 aromatic rings. The van der Waals surface area contributed by atoms with E-state index in [2.05, 4.69) is 23.8 Å². The van der Waals surface area contributed by atoms with Crippen molar-refractivity contribution in [2.75, 3.05) is 19.7 Å². The molecule has 0 unspecified atom stereocenters. The summed E-state index contributed by atoms with van der Waals surface area (Å²) >= 11 is 0.